The van der Waals surface area contributed by atoms with E-state index < -0.39 is 0 Å². The number of nitrogens with zero attached hydrogens (tertiary/aromatic N) is 1. The summed E-state index contributed by atoms with van der Waals surface area (Å²) in [6, 6.07) is 6.06. The zero-order chi connectivity index (χ0) is 12.0. The van der Waals surface area contributed by atoms with Crippen LogP contribution in [0, 0.1) is 6.92 Å². The van der Waals surface area contributed by atoms with E-state index in [1.807, 2.05) is 25.1 Å². The van der Waals surface area contributed by atoms with Gasteiger partial charge in [0.25, 0.3) is 0 Å². The van der Waals surface area contributed by atoms with E-state index in [0.717, 1.165) is 23.8 Å². The molecule has 0 radical (unpaired) electrons. The van der Waals surface area contributed by atoms with Crippen LogP contribution in [0.5, 0.6) is 0 Å². The lowest BCUT2D eigenvalue weighted by Gasteiger charge is -2.14. The molecular formula is C12H20N4. The molecule has 1 aromatic carbocycles. The lowest BCUT2D eigenvalue weighted by atomic mass is 10.1. The fraction of sp³-hybridized carbons (Fsp3) is 0.417. The molecule has 0 spiro atoms. The second-order valence-electron chi connectivity index (χ2n) is 3.52. The van der Waals surface area contributed by atoms with Gasteiger partial charge in [-0.1, -0.05) is 12.1 Å². The monoisotopic (exact) mass is 220 g/mol. The number of guanidine groups is 1. The van der Waals surface area contributed by atoms with Crippen LogP contribution in [0.1, 0.15) is 18.1 Å². The summed E-state index contributed by atoms with van der Waals surface area (Å²) in [6.07, 6.45) is 0. The minimum atomic E-state index is 0.557. The fourth-order valence-electron chi connectivity index (χ4n) is 1.51. The summed E-state index contributed by atoms with van der Waals surface area (Å²) in [4.78, 5) is 4.13. The van der Waals surface area contributed by atoms with Crippen molar-refractivity contribution >= 4 is 11.6 Å². The Morgan fingerprint density at radius 1 is 1.44 bits per heavy atom. The molecule has 4 heteroatoms. The fourth-order valence-corrected chi connectivity index (χ4v) is 1.51. The van der Waals surface area contributed by atoms with Gasteiger partial charge in [-0.15, -0.1) is 0 Å². The standard InChI is InChI=1S/C12H20N4/c1-4-15-12(14-3)16-11-7-5-6-10(8-13)9(11)2/h5-7H,4,8,13H2,1-3H3,(H2,14,15,16). The van der Waals surface area contributed by atoms with Crippen LogP contribution in [0.25, 0.3) is 0 Å². The molecule has 4 nitrogen and oxygen atoms in total. The number of hydrogen-bond donors (Lipinski definition) is 3. The maximum Gasteiger partial charge on any atom is 0.195 e. The lowest BCUT2D eigenvalue weighted by Crippen LogP contribution is -2.30. The molecule has 16 heavy (non-hydrogen) atoms. The van der Waals surface area contributed by atoms with Crippen molar-refractivity contribution in [2.45, 2.75) is 20.4 Å². The Labute approximate surface area is 97.0 Å². The zero-order valence-electron chi connectivity index (χ0n) is 10.2. The van der Waals surface area contributed by atoms with Crippen molar-refractivity contribution in [3.63, 3.8) is 0 Å². The Hall–Kier alpha value is -1.55. The van der Waals surface area contributed by atoms with Crippen LogP contribution in [0.3, 0.4) is 0 Å². The maximum absolute atomic E-state index is 5.67. The summed E-state index contributed by atoms with van der Waals surface area (Å²) >= 11 is 0. The molecule has 88 valence electrons. The molecule has 1 rings (SSSR count). The van der Waals surface area contributed by atoms with E-state index in [4.69, 9.17) is 5.73 Å². The molecule has 1 aromatic rings. The van der Waals surface area contributed by atoms with Gasteiger partial charge in [-0.2, -0.15) is 0 Å². The molecular weight excluding hydrogens is 200 g/mol. The Bertz CT molecular complexity index is 371. The number of nitrogens with two attached hydrogens (primary N) is 1. The number of anilines is 1. The molecule has 0 atom stereocenters. The van der Waals surface area contributed by atoms with Crippen LogP contribution in [-0.2, 0) is 6.54 Å². The number of hydrogen-bond acceptors (Lipinski definition) is 2. The lowest BCUT2D eigenvalue weighted by molar-refractivity contribution is 0.957. The minimum Gasteiger partial charge on any atom is -0.356 e. The number of aliphatic imine (C=N–C) groups is 1. The largest absolute Gasteiger partial charge is 0.356 e. The molecule has 0 fully saturated rings. The van der Waals surface area contributed by atoms with Crippen molar-refractivity contribution in [2.24, 2.45) is 10.7 Å². The van der Waals surface area contributed by atoms with Crippen molar-refractivity contribution in [1.29, 1.82) is 0 Å². The Morgan fingerprint density at radius 2 is 2.19 bits per heavy atom. The average Bonchev–Trinajstić information content (AvgIpc) is 2.31. The summed E-state index contributed by atoms with van der Waals surface area (Å²) in [7, 11) is 1.76. The van der Waals surface area contributed by atoms with Crippen molar-refractivity contribution in [3.05, 3.63) is 29.3 Å². The Morgan fingerprint density at radius 3 is 2.75 bits per heavy atom. The summed E-state index contributed by atoms with van der Waals surface area (Å²) in [5.74, 6) is 0.778. The summed E-state index contributed by atoms with van der Waals surface area (Å²) in [5.41, 5.74) is 9.03. The SMILES string of the molecule is CCNC(=NC)Nc1cccc(CN)c1C. The van der Waals surface area contributed by atoms with E-state index in [2.05, 4.69) is 22.5 Å². The Balaban J connectivity index is 2.88. The number of nitrogens with one attached hydrogen (secondary N) is 2. The Kier molecular flexibility index (Phi) is 4.79. The van der Waals surface area contributed by atoms with Crippen molar-refractivity contribution < 1.29 is 0 Å². The highest BCUT2D eigenvalue weighted by molar-refractivity contribution is 5.94. The van der Waals surface area contributed by atoms with Crippen LogP contribution >= 0.6 is 0 Å². The molecule has 0 unspecified atom stereocenters. The third-order valence-electron chi connectivity index (χ3n) is 2.49. The molecule has 0 amide bonds. The van der Waals surface area contributed by atoms with Crippen LogP contribution in [-0.4, -0.2) is 19.6 Å². The van der Waals surface area contributed by atoms with Gasteiger partial charge >= 0.3 is 0 Å². The van der Waals surface area contributed by atoms with E-state index in [0.29, 0.717) is 6.54 Å². The summed E-state index contributed by atoms with van der Waals surface area (Å²) < 4.78 is 0. The maximum atomic E-state index is 5.67. The van der Waals surface area contributed by atoms with Gasteiger partial charge in [-0.05, 0) is 31.0 Å². The van der Waals surface area contributed by atoms with Gasteiger partial charge in [0.05, 0.1) is 0 Å². The van der Waals surface area contributed by atoms with Crippen LogP contribution in [0.2, 0.25) is 0 Å². The van der Waals surface area contributed by atoms with Gasteiger partial charge in [-0.3, -0.25) is 4.99 Å². The summed E-state index contributed by atoms with van der Waals surface area (Å²) in [6.45, 7) is 5.50. The highest BCUT2D eigenvalue weighted by atomic mass is 15.2. The molecule has 0 aliphatic carbocycles. The molecule has 0 saturated heterocycles. The highest BCUT2D eigenvalue weighted by Crippen LogP contribution is 2.18. The number of rotatable bonds is 3. The molecule has 0 bridgehead atoms. The van der Waals surface area contributed by atoms with E-state index >= 15 is 0 Å². The van der Waals surface area contributed by atoms with Gasteiger partial charge in [0.15, 0.2) is 5.96 Å². The van der Waals surface area contributed by atoms with Crippen molar-refractivity contribution in [2.75, 3.05) is 18.9 Å². The van der Waals surface area contributed by atoms with Gasteiger partial charge in [-0.25, -0.2) is 0 Å². The average molecular weight is 220 g/mol. The quantitative estimate of drug-likeness (QED) is 0.534. The van der Waals surface area contributed by atoms with E-state index in [1.54, 1.807) is 7.05 Å². The predicted octanol–water partition coefficient (Wildman–Crippen LogP) is 1.46. The van der Waals surface area contributed by atoms with E-state index in [-0.39, 0.29) is 0 Å². The first-order chi connectivity index (χ1) is 7.72. The highest BCUT2D eigenvalue weighted by Gasteiger charge is 2.04. The summed E-state index contributed by atoms with van der Waals surface area (Å²) in [5, 5.41) is 6.41. The van der Waals surface area contributed by atoms with E-state index in [9.17, 15) is 0 Å². The molecule has 0 aliphatic heterocycles. The molecule has 0 saturated carbocycles. The molecule has 0 heterocycles. The smallest absolute Gasteiger partial charge is 0.195 e. The zero-order valence-corrected chi connectivity index (χ0v) is 10.2. The second-order valence-corrected chi connectivity index (χ2v) is 3.52. The van der Waals surface area contributed by atoms with Crippen molar-refractivity contribution in [1.82, 2.24) is 5.32 Å². The molecule has 0 aliphatic rings. The predicted molar refractivity (Wildman–Crippen MR) is 69.7 cm³/mol. The first-order valence-electron chi connectivity index (χ1n) is 5.49. The normalized spacial score (nSPS) is 11.4. The van der Waals surface area contributed by atoms with Crippen molar-refractivity contribution in [3.8, 4) is 0 Å². The molecule has 0 aromatic heterocycles. The van der Waals surface area contributed by atoms with Crippen LogP contribution in [0.15, 0.2) is 23.2 Å². The van der Waals surface area contributed by atoms with Crippen LogP contribution in [0.4, 0.5) is 5.69 Å². The molecule has 4 N–H and O–H groups in total. The van der Waals surface area contributed by atoms with Gasteiger partial charge in [0.2, 0.25) is 0 Å². The van der Waals surface area contributed by atoms with Gasteiger partial charge in [0.1, 0.15) is 0 Å². The third-order valence-corrected chi connectivity index (χ3v) is 2.49. The topological polar surface area (TPSA) is 62.4 Å². The first-order valence-corrected chi connectivity index (χ1v) is 5.49. The van der Waals surface area contributed by atoms with Gasteiger partial charge < -0.3 is 16.4 Å². The minimum absolute atomic E-state index is 0.557. The van der Waals surface area contributed by atoms with Gasteiger partial charge in [0, 0.05) is 25.8 Å². The second kappa shape index (κ2) is 6.12. The van der Waals surface area contributed by atoms with Crippen LogP contribution < -0.4 is 16.4 Å². The third kappa shape index (κ3) is 2.97. The first kappa shape index (κ1) is 12.5. The van der Waals surface area contributed by atoms with E-state index in [1.165, 1.54) is 5.56 Å². The number of benzene rings is 1.